The zero-order chi connectivity index (χ0) is 14.9. The predicted molar refractivity (Wildman–Crippen MR) is 70.1 cm³/mol. The molecule has 0 saturated carbocycles. The molecule has 0 fully saturated rings. The second-order valence-corrected chi connectivity index (χ2v) is 4.51. The van der Waals surface area contributed by atoms with E-state index in [2.05, 4.69) is 20.9 Å². The topological polar surface area (TPSA) is 110 Å². The summed E-state index contributed by atoms with van der Waals surface area (Å²) in [5.41, 5.74) is -0.216. The van der Waals surface area contributed by atoms with Crippen LogP contribution in [0.15, 0.2) is 27.1 Å². The molecule has 20 heavy (non-hydrogen) atoms. The zero-order valence-electron chi connectivity index (χ0n) is 10.1. The fourth-order valence-electron chi connectivity index (χ4n) is 1.53. The number of hydrogen-bond donors (Lipinski definition) is 2. The maximum absolute atomic E-state index is 10.9. The quantitative estimate of drug-likeness (QED) is 0.878. The van der Waals surface area contributed by atoms with E-state index in [9.17, 15) is 9.59 Å². The highest BCUT2D eigenvalue weighted by molar-refractivity contribution is 9.10. The van der Waals surface area contributed by atoms with E-state index >= 15 is 0 Å². The largest absolute Gasteiger partial charge is 0.496 e. The Kier molecular flexibility index (Phi) is 3.75. The number of carbonyl (C=O) groups is 2. The summed E-state index contributed by atoms with van der Waals surface area (Å²) in [7, 11) is 1.50. The number of benzene rings is 1. The number of aromatic carboxylic acids is 2. The first-order valence-corrected chi connectivity index (χ1v) is 6.04. The second kappa shape index (κ2) is 5.33. The summed E-state index contributed by atoms with van der Waals surface area (Å²) in [5.74, 6) is -3.20. The van der Waals surface area contributed by atoms with Gasteiger partial charge in [-0.25, -0.2) is 14.6 Å². The van der Waals surface area contributed by atoms with Crippen molar-refractivity contribution in [2.75, 3.05) is 7.11 Å². The van der Waals surface area contributed by atoms with Crippen molar-refractivity contribution in [1.82, 2.24) is 4.98 Å². The first-order chi connectivity index (χ1) is 9.43. The molecule has 0 bridgehead atoms. The third-order valence-electron chi connectivity index (χ3n) is 2.42. The lowest BCUT2D eigenvalue weighted by molar-refractivity contribution is 0.0624. The molecule has 2 rings (SSSR count). The molecule has 0 amide bonds. The highest BCUT2D eigenvalue weighted by atomic mass is 79.9. The van der Waals surface area contributed by atoms with Crippen LogP contribution in [0.5, 0.6) is 5.75 Å². The molecule has 0 aliphatic carbocycles. The van der Waals surface area contributed by atoms with Crippen molar-refractivity contribution in [2.45, 2.75) is 0 Å². The number of oxazole rings is 1. The molecule has 7 nitrogen and oxygen atoms in total. The van der Waals surface area contributed by atoms with E-state index in [1.165, 1.54) is 7.11 Å². The molecule has 0 atom stereocenters. The van der Waals surface area contributed by atoms with Crippen LogP contribution < -0.4 is 4.74 Å². The molecule has 0 unspecified atom stereocenters. The fourth-order valence-corrected chi connectivity index (χ4v) is 2.07. The Morgan fingerprint density at radius 3 is 2.45 bits per heavy atom. The Bertz CT molecular complexity index is 662. The lowest BCUT2D eigenvalue weighted by atomic mass is 10.2. The summed E-state index contributed by atoms with van der Waals surface area (Å²) in [6, 6.07) is 4.78. The minimum Gasteiger partial charge on any atom is -0.496 e. The Labute approximate surface area is 120 Å². The maximum Gasteiger partial charge on any atom is 0.374 e. The summed E-state index contributed by atoms with van der Waals surface area (Å²) >= 11 is 3.26. The van der Waals surface area contributed by atoms with Crippen LogP contribution in [-0.2, 0) is 0 Å². The van der Waals surface area contributed by atoms with E-state index in [-0.39, 0.29) is 5.89 Å². The normalized spacial score (nSPS) is 10.3. The molecule has 8 heteroatoms. The lowest BCUT2D eigenvalue weighted by Gasteiger charge is -2.03. The summed E-state index contributed by atoms with van der Waals surface area (Å²) < 4.78 is 10.7. The molecule has 2 N–H and O–H groups in total. The maximum atomic E-state index is 10.9. The Balaban J connectivity index is 2.53. The van der Waals surface area contributed by atoms with Gasteiger partial charge in [0.2, 0.25) is 17.3 Å². The highest BCUT2D eigenvalue weighted by Gasteiger charge is 2.25. The highest BCUT2D eigenvalue weighted by Crippen LogP contribution is 2.31. The number of nitrogens with zero attached hydrogens (tertiary/aromatic N) is 1. The summed E-state index contributed by atoms with van der Waals surface area (Å²) in [6.07, 6.45) is 0. The zero-order valence-corrected chi connectivity index (χ0v) is 11.7. The van der Waals surface area contributed by atoms with Gasteiger partial charge in [-0.2, -0.15) is 0 Å². The smallest absolute Gasteiger partial charge is 0.374 e. The van der Waals surface area contributed by atoms with E-state index in [4.69, 9.17) is 19.4 Å². The molecular weight excluding hydrogens is 334 g/mol. The molecule has 0 aliphatic rings. The van der Waals surface area contributed by atoms with E-state index in [0.717, 1.165) is 0 Å². The van der Waals surface area contributed by atoms with Gasteiger partial charge in [0.1, 0.15) is 5.75 Å². The van der Waals surface area contributed by atoms with Crippen molar-refractivity contribution in [3.8, 4) is 17.2 Å². The van der Waals surface area contributed by atoms with Gasteiger partial charge in [0, 0.05) is 5.56 Å². The van der Waals surface area contributed by atoms with Crippen LogP contribution >= 0.6 is 15.9 Å². The van der Waals surface area contributed by atoms with E-state index in [0.29, 0.717) is 15.8 Å². The van der Waals surface area contributed by atoms with Crippen LogP contribution in [0.1, 0.15) is 21.0 Å². The minimum absolute atomic E-state index is 0.0943. The van der Waals surface area contributed by atoms with Crippen molar-refractivity contribution in [3.63, 3.8) is 0 Å². The van der Waals surface area contributed by atoms with Gasteiger partial charge < -0.3 is 19.4 Å². The van der Waals surface area contributed by atoms with Gasteiger partial charge in [-0.3, -0.25) is 0 Å². The van der Waals surface area contributed by atoms with E-state index in [1.807, 2.05) is 0 Å². The summed E-state index contributed by atoms with van der Waals surface area (Å²) in [5, 5.41) is 17.8. The Morgan fingerprint density at radius 1 is 1.30 bits per heavy atom. The van der Waals surface area contributed by atoms with E-state index < -0.39 is 23.4 Å². The number of hydrogen-bond acceptors (Lipinski definition) is 5. The van der Waals surface area contributed by atoms with Crippen molar-refractivity contribution in [1.29, 1.82) is 0 Å². The van der Waals surface area contributed by atoms with Crippen molar-refractivity contribution >= 4 is 27.9 Å². The molecule has 0 radical (unpaired) electrons. The van der Waals surface area contributed by atoms with Crippen LogP contribution in [0.25, 0.3) is 11.5 Å². The lowest BCUT2D eigenvalue weighted by Crippen LogP contribution is -2.05. The Hall–Kier alpha value is -2.35. The van der Waals surface area contributed by atoms with Gasteiger partial charge in [-0.15, -0.1) is 0 Å². The molecule has 0 aliphatic heterocycles. The first kappa shape index (κ1) is 14.1. The number of ether oxygens (including phenoxy) is 1. The number of halogens is 1. The molecular formula is C12H8BrNO6. The molecule has 1 aromatic heterocycles. The van der Waals surface area contributed by atoms with Crippen molar-refractivity contribution < 1.29 is 29.0 Å². The minimum atomic E-state index is -1.49. The predicted octanol–water partition coefficient (Wildman–Crippen LogP) is 2.51. The number of methoxy groups -OCH3 is 1. The number of rotatable bonds is 4. The van der Waals surface area contributed by atoms with Gasteiger partial charge in [0.05, 0.1) is 11.6 Å². The standard InChI is InChI=1S/C12H8BrNO6/c1-19-7-3-2-5(4-6(7)13)10-14-8(11(15)16)9(20-10)12(17)18/h2-4H,1H3,(H,15,16)(H,17,18). The Morgan fingerprint density at radius 2 is 2.00 bits per heavy atom. The van der Waals surface area contributed by atoms with Crippen molar-refractivity contribution in [3.05, 3.63) is 34.1 Å². The fraction of sp³-hybridized carbons (Fsp3) is 0.0833. The van der Waals surface area contributed by atoms with Crippen molar-refractivity contribution in [2.24, 2.45) is 0 Å². The van der Waals surface area contributed by atoms with E-state index in [1.54, 1.807) is 18.2 Å². The van der Waals surface area contributed by atoms with Crippen LogP contribution in [-0.4, -0.2) is 34.2 Å². The first-order valence-electron chi connectivity index (χ1n) is 5.25. The van der Waals surface area contributed by atoms with Crippen LogP contribution in [0.2, 0.25) is 0 Å². The third-order valence-corrected chi connectivity index (χ3v) is 3.04. The van der Waals surface area contributed by atoms with Gasteiger partial charge in [-0.1, -0.05) is 0 Å². The monoisotopic (exact) mass is 341 g/mol. The summed E-state index contributed by atoms with van der Waals surface area (Å²) in [6.45, 7) is 0. The molecule has 2 aromatic rings. The number of aromatic nitrogens is 1. The van der Waals surface area contributed by atoms with Crippen LogP contribution in [0, 0.1) is 0 Å². The number of carboxylic acid groups (broad SMARTS) is 2. The SMILES string of the molecule is COc1ccc(-c2nc(C(=O)O)c(C(=O)O)o2)cc1Br. The molecule has 104 valence electrons. The van der Waals surface area contributed by atoms with Gasteiger partial charge in [0.15, 0.2) is 0 Å². The molecule has 1 heterocycles. The second-order valence-electron chi connectivity index (χ2n) is 3.66. The molecule has 1 aromatic carbocycles. The number of carboxylic acids is 2. The van der Waals surface area contributed by atoms with Crippen LogP contribution in [0.3, 0.4) is 0 Å². The average molecular weight is 342 g/mol. The van der Waals surface area contributed by atoms with Crippen LogP contribution in [0.4, 0.5) is 0 Å². The third kappa shape index (κ3) is 2.50. The molecule has 0 spiro atoms. The van der Waals surface area contributed by atoms with Gasteiger partial charge in [0.25, 0.3) is 0 Å². The van der Waals surface area contributed by atoms with Gasteiger partial charge >= 0.3 is 11.9 Å². The summed E-state index contributed by atoms with van der Waals surface area (Å²) in [4.78, 5) is 25.5. The molecule has 0 saturated heterocycles. The average Bonchev–Trinajstić information content (AvgIpc) is 2.84. The van der Waals surface area contributed by atoms with Gasteiger partial charge in [-0.05, 0) is 34.1 Å².